The maximum absolute atomic E-state index is 13.0. The molecule has 0 spiro atoms. The first-order valence-corrected chi connectivity index (χ1v) is 8.48. The zero-order valence-corrected chi connectivity index (χ0v) is 14.5. The number of carbonyl (C=O) groups is 2. The SMILES string of the molecule is CSc1ncccc1C(=O)OC(C)C(=O)Nc1ccc(F)cc1Cl. The number of hydrogen-bond acceptors (Lipinski definition) is 5. The van der Waals surface area contributed by atoms with Gasteiger partial charge in [-0.15, -0.1) is 11.8 Å². The van der Waals surface area contributed by atoms with Crippen LogP contribution in [0.4, 0.5) is 10.1 Å². The summed E-state index contributed by atoms with van der Waals surface area (Å²) >= 11 is 7.15. The van der Waals surface area contributed by atoms with Crippen molar-refractivity contribution in [1.82, 2.24) is 4.98 Å². The quantitative estimate of drug-likeness (QED) is 0.642. The first kappa shape index (κ1) is 18.2. The van der Waals surface area contributed by atoms with Crippen molar-refractivity contribution in [1.29, 1.82) is 0 Å². The van der Waals surface area contributed by atoms with Gasteiger partial charge in [0, 0.05) is 6.20 Å². The summed E-state index contributed by atoms with van der Waals surface area (Å²) < 4.78 is 18.2. The largest absolute Gasteiger partial charge is 0.449 e. The molecule has 2 aromatic rings. The number of rotatable bonds is 5. The Hall–Kier alpha value is -2.12. The number of nitrogens with one attached hydrogen (secondary N) is 1. The number of benzene rings is 1. The molecule has 24 heavy (non-hydrogen) atoms. The van der Waals surface area contributed by atoms with Crippen LogP contribution in [0.15, 0.2) is 41.6 Å². The smallest absolute Gasteiger partial charge is 0.341 e. The number of nitrogens with zero attached hydrogens (tertiary/aromatic N) is 1. The second-order valence-electron chi connectivity index (χ2n) is 4.72. The van der Waals surface area contributed by atoms with Crippen LogP contribution in [0.5, 0.6) is 0 Å². The number of hydrogen-bond donors (Lipinski definition) is 1. The van der Waals surface area contributed by atoms with E-state index in [-0.39, 0.29) is 16.3 Å². The fourth-order valence-corrected chi connectivity index (χ4v) is 2.56. The highest BCUT2D eigenvalue weighted by molar-refractivity contribution is 7.98. The minimum Gasteiger partial charge on any atom is -0.449 e. The monoisotopic (exact) mass is 368 g/mol. The van der Waals surface area contributed by atoms with Gasteiger partial charge in [-0.05, 0) is 43.5 Å². The molecule has 0 bridgehead atoms. The topological polar surface area (TPSA) is 68.3 Å². The predicted octanol–water partition coefficient (Wildman–Crippen LogP) is 3.78. The van der Waals surface area contributed by atoms with Crippen molar-refractivity contribution in [2.75, 3.05) is 11.6 Å². The van der Waals surface area contributed by atoms with Gasteiger partial charge < -0.3 is 10.1 Å². The number of esters is 1. The van der Waals surface area contributed by atoms with Crippen LogP contribution in [0.25, 0.3) is 0 Å². The molecular weight excluding hydrogens is 355 g/mol. The van der Waals surface area contributed by atoms with Crippen LogP contribution >= 0.6 is 23.4 Å². The van der Waals surface area contributed by atoms with E-state index in [9.17, 15) is 14.0 Å². The van der Waals surface area contributed by atoms with Crippen molar-refractivity contribution in [3.63, 3.8) is 0 Å². The highest BCUT2D eigenvalue weighted by atomic mass is 35.5. The van der Waals surface area contributed by atoms with Gasteiger partial charge in [0.2, 0.25) is 0 Å². The molecule has 1 aromatic carbocycles. The molecule has 0 saturated carbocycles. The first-order valence-electron chi connectivity index (χ1n) is 6.88. The van der Waals surface area contributed by atoms with Gasteiger partial charge in [0.15, 0.2) is 6.10 Å². The second-order valence-corrected chi connectivity index (χ2v) is 5.92. The van der Waals surface area contributed by atoms with E-state index in [2.05, 4.69) is 10.3 Å². The van der Waals surface area contributed by atoms with Gasteiger partial charge in [-0.1, -0.05) is 11.6 Å². The minimum atomic E-state index is -1.06. The number of ether oxygens (including phenoxy) is 1. The van der Waals surface area contributed by atoms with Crippen LogP contribution < -0.4 is 5.32 Å². The number of carbonyl (C=O) groups excluding carboxylic acids is 2. The number of thioether (sulfide) groups is 1. The Bertz CT molecular complexity index is 773. The summed E-state index contributed by atoms with van der Waals surface area (Å²) in [6.07, 6.45) is 2.29. The van der Waals surface area contributed by atoms with Gasteiger partial charge in [0.1, 0.15) is 10.8 Å². The van der Waals surface area contributed by atoms with Gasteiger partial charge in [-0.3, -0.25) is 4.79 Å². The molecule has 0 saturated heterocycles. The fraction of sp³-hybridized carbons (Fsp3) is 0.188. The lowest BCUT2D eigenvalue weighted by molar-refractivity contribution is -0.123. The Morgan fingerprint density at radius 1 is 1.38 bits per heavy atom. The summed E-state index contributed by atoms with van der Waals surface area (Å²) in [5.41, 5.74) is 0.515. The molecule has 8 heteroatoms. The summed E-state index contributed by atoms with van der Waals surface area (Å²) in [4.78, 5) is 28.3. The predicted molar refractivity (Wildman–Crippen MR) is 90.9 cm³/mol. The molecule has 2 rings (SSSR count). The number of halogens is 2. The molecule has 1 atom stereocenters. The number of amides is 1. The lowest BCUT2D eigenvalue weighted by Crippen LogP contribution is -2.30. The molecule has 1 unspecified atom stereocenters. The maximum atomic E-state index is 13.0. The Morgan fingerprint density at radius 2 is 2.12 bits per heavy atom. The van der Waals surface area contributed by atoms with E-state index in [1.807, 2.05) is 0 Å². The maximum Gasteiger partial charge on any atom is 0.341 e. The number of pyridine rings is 1. The molecule has 1 amide bonds. The lowest BCUT2D eigenvalue weighted by atomic mass is 10.2. The van der Waals surface area contributed by atoms with Crippen LogP contribution in [0.2, 0.25) is 5.02 Å². The first-order chi connectivity index (χ1) is 11.4. The van der Waals surface area contributed by atoms with E-state index in [1.165, 1.54) is 30.8 Å². The van der Waals surface area contributed by atoms with E-state index in [0.29, 0.717) is 5.03 Å². The van der Waals surface area contributed by atoms with Crippen molar-refractivity contribution >= 4 is 40.9 Å². The van der Waals surface area contributed by atoms with E-state index in [4.69, 9.17) is 16.3 Å². The second kappa shape index (κ2) is 8.12. The summed E-state index contributed by atoms with van der Waals surface area (Å²) in [5.74, 6) is -1.74. The van der Waals surface area contributed by atoms with E-state index >= 15 is 0 Å². The Balaban J connectivity index is 2.04. The van der Waals surface area contributed by atoms with Crippen LogP contribution in [-0.4, -0.2) is 29.2 Å². The zero-order chi connectivity index (χ0) is 17.7. The molecule has 126 valence electrons. The summed E-state index contributed by atoms with van der Waals surface area (Å²) in [5, 5.41) is 3.05. The molecule has 5 nitrogen and oxygen atoms in total. The van der Waals surface area contributed by atoms with E-state index < -0.39 is 23.8 Å². The van der Waals surface area contributed by atoms with Crippen molar-refractivity contribution in [3.05, 3.63) is 52.9 Å². The third-order valence-electron chi connectivity index (χ3n) is 3.03. The van der Waals surface area contributed by atoms with Crippen molar-refractivity contribution in [2.24, 2.45) is 0 Å². The van der Waals surface area contributed by atoms with E-state index in [0.717, 1.165) is 6.07 Å². The molecule has 0 aliphatic rings. The van der Waals surface area contributed by atoms with Crippen LogP contribution in [-0.2, 0) is 9.53 Å². The Kier molecular flexibility index (Phi) is 6.16. The van der Waals surface area contributed by atoms with Gasteiger partial charge in [-0.2, -0.15) is 0 Å². The molecule has 0 aliphatic heterocycles. The summed E-state index contributed by atoms with van der Waals surface area (Å²) in [6, 6.07) is 6.76. The summed E-state index contributed by atoms with van der Waals surface area (Å²) in [7, 11) is 0. The van der Waals surface area contributed by atoms with Gasteiger partial charge >= 0.3 is 5.97 Å². The molecule has 0 fully saturated rings. The number of anilines is 1. The third-order valence-corrected chi connectivity index (χ3v) is 4.05. The van der Waals surface area contributed by atoms with Crippen LogP contribution in [0.3, 0.4) is 0 Å². The van der Waals surface area contributed by atoms with Gasteiger partial charge in [0.05, 0.1) is 16.3 Å². The van der Waals surface area contributed by atoms with Gasteiger partial charge in [0.25, 0.3) is 5.91 Å². The highest BCUT2D eigenvalue weighted by Gasteiger charge is 2.21. The Morgan fingerprint density at radius 3 is 2.79 bits per heavy atom. The molecule has 1 heterocycles. The van der Waals surface area contributed by atoms with Crippen molar-refractivity contribution < 1.29 is 18.7 Å². The minimum absolute atomic E-state index is 0.0544. The average Bonchev–Trinajstić information content (AvgIpc) is 2.57. The van der Waals surface area contributed by atoms with Crippen LogP contribution in [0.1, 0.15) is 17.3 Å². The molecule has 1 aromatic heterocycles. The van der Waals surface area contributed by atoms with E-state index in [1.54, 1.807) is 24.6 Å². The standard InChI is InChI=1S/C16H14ClFN2O3S/c1-9(14(21)20-13-6-5-10(18)8-12(13)17)23-16(22)11-4-3-7-19-15(11)24-2/h3-9H,1-2H3,(H,20,21). The van der Waals surface area contributed by atoms with Crippen molar-refractivity contribution in [2.45, 2.75) is 18.1 Å². The Labute approximate surface area is 147 Å². The molecule has 0 aliphatic carbocycles. The zero-order valence-electron chi connectivity index (χ0n) is 12.9. The average molecular weight is 369 g/mol. The lowest BCUT2D eigenvalue weighted by Gasteiger charge is -2.15. The normalized spacial score (nSPS) is 11.7. The van der Waals surface area contributed by atoms with Crippen LogP contribution in [0, 0.1) is 5.82 Å². The summed E-state index contributed by atoms with van der Waals surface area (Å²) in [6.45, 7) is 1.43. The van der Waals surface area contributed by atoms with Gasteiger partial charge in [-0.25, -0.2) is 14.2 Å². The third kappa shape index (κ3) is 4.46. The highest BCUT2D eigenvalue weighted by Crippen LogP contribution is 2.23. The molecular formula is C16H14ClFN2O3S. The molecule has 1 N–H and O–H groups in total. The molecule has 0 radical (unpaired) electrons. The number of aromatic nitrogens is 1. The van der Waals surface area contributed by atoms with Crippen molar-refractivity contribution in [3.8, 4) is 0 Å². The fourth-order valence-electron chi connectivity index (χ4n) is 1.81.